The molecule has 0 spiro atoms. The smallest absolute Gasteiger partial charge is 0.126 e. The van der Waals surface area contributed by atoms with Crippen molar-refractivity contribution in [3.63, 3.8) is 0 Å². The SMILES string of the molecule is N#CCN=Cc1ccccc1. The van der Waals surface area contributed by atoms with Crippen LogP contribution in [0.25, 0.3) is 0 Å². The zero-order valence-corrected chi connectivity index (χ0v) is 6.07. The Morgan fingerprint density at radius 2 is 2.09 bits per heavy atom. The lowest BCUT2D eigenvalue weighted by molar-refractivity contribution is 1.25. The Bertz CT molecular complexity index is 269. The zero-order chi connectivity index (χ0) is 7.94. The van der Waals surface area contributed by atoms with Gasteiger partial charge in [0, 0.05) is 6.21 Å². The molecule has 11 heavy (non-hydrogen) atoms. The molecule has 2 nitrogen and oxygen atoms in total. The number of hydrogen-bond donors (Lipinski definition) is 0. The first-order valence-electron chi connectivity index (χ1n) is 3.35. The van der Waals surface area contributed by atoms with Crippen LogP contribution in [0.1, 0.15) is 5.56 Å². The van der Waals surface area contributed by atoms with Crippen molar-refractivity contribution in [3.05, 3.63) is 35.9 Å². The number of nitriles is 1. The van der Waals surface area contributed by atoms with E-state index in [1.165, 1.54) is 0 Å². The van der Waals surface area contributed by atoms with Crippen molar-refractivity contribution in [2.24, 2.45) is 4.99 Å². The molecule has 0 radical (unpaired) electrons. The summed E-state index contributed by atoms with van der Waals surface area (Å²) in [6, 6.07) is 11.7. The molecule has 0 saturated heterocycles. The van der Waals surface area contributed by atoms with Crippen LogP contribution in [0.15, 0.2) is 35.3 Å². The quantitative estimate of drug-likeness (QED) is 0.459. The van der Waals surface area contributed by atoms with Crippen LogP contribution in [-0.4, -0.2) is 12.8 Å². The molecule has 0 unspecified atom stereocenters. The predicted molar refractivity (Wildman–Crippen MR) is 44.5 cm³/mol. The molecule has 0 amide bonds. The summed E-state index contributed by atoms with van der Waals surface area (Å²) in [6.45, 7) is 0.231. The van der Waals surface area contributed by atoms with E-state index in [9.17, 15) is 0 Å². The van der Waals surface area contributed by atoms with E-state index in [0.717, 1.165) is 5.56 Å². The Kier molecular flexibility index (Phi) is 2.88. The van der Waals surface area contributed by atoms with E-state index >= 15 is 0 Å². The summed E-state index contributed by atoms with van der Waals surface area (Å²) in [6.07, 6.45) is 1.70. The van der Waals surface area contributed by atoms with Crippen molar-refractivity contribution < 1.29 is 0 Å². The molecule has 0 fully saturated rings. The minimum atomic E-state index is 0.231. The van der Waals surface area contributed by atoms with Gasteiger partial charge in [0.1, 0.15) is 6.54 Å². The van der Waals surface area contributed by atoms with Crippen LogP contribution >= 0.6 is 0 Å². The van der Waals surface area contributed by atoms with Crippen LogP contribution in [0.2, 0.25) is 0 Å². The Balaban J connectivity index is 2.59. The highest BCUT2D eigenvalue weighted by atomic mass is 14.7. The van der Waals surface area contributed by atoms with Crippen molar-refractivity contribution in [3.8, 4) is 6.07 Å². The standard InChI is InChI=1S/C9H8N2/c10-6-7-11-8-9-4-2-1-3-5-9/h1-5,8H,7H2. The van der Waals surface area contributed by atoms with Crippen molar-refractivity contribution in [1.29, 1.82) is 5.26 Å². The van der Waals surface area contributed by atoms with Gasteiger partial charge in [-0.2, -0.15) is 5.26 Å². The largest absolute Gasteiger partial charge is 0.277 e. The Labute approximate surface area is 65.8 Å². The number of rotatable bonds is 2. The maximum atomic E-state index is 8.18. The summed E-state index contributed by atoms with van der Waals surface area (Å²) < 4.78 is 0. The molecule has 0 aliphatic rings. The van der Waals surface area contributed by atoms with Crippen LogP contribution in [0, 0.1) is 11.3 Å². The second kappa shape index (κ2) is 4.24. The van der Waals surface area contributed by atoms with Crippen molar-refractivity contribution >= 4 is 6.21 Å². The molecular weight excluding hydrogens is 136 g/mol. The number of nitrogens with zero attached hydrogens (tertiary/aromatic N) is 2. The normalized spacial score (nSPS) is 9.73. The summed E-state index contributed by atoms with van der Waals surface area (Å²) in [4.78, 5) is 3.87. The van der Waals surface area contributed by atoms with Gasteiger partial charge in [-0.05, 0) is 5.56 Å². The summed E-state index contributed by atoms with van der Waals surface area (Å²) in [7, 11) is 0. The lowest BCUT2D eigenvalue weighted by atomic mass is 10.2. The molecule has 0 bridgehead atoms. The highest BCUT2D eigenvalue weighted by Gasteiger charge is 1.81. The molecule has 0 N–H and O–H groups in total. The molecule has 0 heterocycles. The van der Waals surface area contributed by atoms with Gasteiger partial charge in [0.05, 0.1) is 6.07 Å². The first-order valence-corrected chi connectivity index (χ1v) is 3.35. The van der Waals surface area contributed by atoms with E-state index in [2.05, 4.69) is 4.99 Å². The molecule has 0 saturated carbocycles. The van der Waals surface area contributed by atoms with Crippen LogP contribution in [0.5, 0.6) is 0 Å². The number of aliphatic imine (C=N–C) groups is 1. The third-order valence-electron chi connectivity index (χ3n) is 1.20. The molecular formula is C9H8N2. The van der Waals surface area contributed by atoms with Gasteiger partial charge in [-0.3, -0.25) is 4.99 Å². The molecule has 0 aromatic heterocycles. The van der Waals surface area contributed by atoms with Crippen molar-refractivity contribution in [1.82, 2.24) is 0 Å². The number of benzene rings is 1. The first-order chi connectivity index (χ1) is 5.43. The van der Waals surface area contributed by atoms with E-state index in [1.807, 2.05) is 36.4 Å². The predicted octanol–water partition coefficient (Wildman–Crippen LogP) is 1.63. The van der Waals surface area contributed by atoms with E-state index in [4.69, 9.17) is 5.26 Å². The van der Waals surface area contributed by atoms with Gasteiger partial charge < -0.3 is 0 Å². The van der Waals surface area contributed by atoms with Crippen LogP contribution in [0.3, 0.4) is 0 Å². The van der Waals surface area contributed by atoms with E-state index in [1.54, 1.807) is 6.21 Å². The molecule has 1 aromatic carbocycles. The van der Waals surface area contributed by atoms with Gasteiger partial charge >= 0.3 is 0 Å². The fraction of sp³-hybridized carbons (Fsp3) is 0.111. The van der Waals surface area contributed by atoms with Crippen LogP contribution in [0.4, 0.5) is 0 Å². The van der Waals surface area contributed by atoms with Gasteiger partial charge in [-0.15, -0.1) is 0 Å². The summed E-state index contributed by atoms with van der Waals surface area (Å²) in [5.41, 5.74) is 1.03. The third kappa shape index (κ3) is 2.63. The fourth-order valence-corrected chi connectivity index (χ4v) is 0.731. The molecule has 54 valence electrons. The molecule has 1 rings (SSSR count). The lowest BCUT2D eigenvalue weighted by Crippen LogP contribution is -1.80. The molecule has 1 aromatic rings. The molecule has 2 heteroatoms. The van der Waals surface area contributed by atoms with Gasteiger partial charge in [0.15, 0.2) is 0 Å². The van der Waals surface area contributed by atoms with Crippen molar-refractivity contribution in [2.45, 2.75) is 0 Å². The third-order valence-corrected chi connectivity index (χ3v) is 1.20. The average molecular weight is 144 g/mol. The average Bonchev–Trinajstić information content (AvgIpc) is 2.07. The van der Waals surface area contributed by atoms with Gasteiger partial charge in [-0.25, -0.2) is 0 Å². The summed E-state index contributed by atoms with van der Waals surface area (Å²) >= 11 is 0. The second-order valence-corrected chi connectivity index (χ2v) is 2.04. The molecule has 0 aliphatic carbocycles. The first kappa shape index (κ1) is 7.49. The highest BCUT2D eigenvalue weighted by Crippen LogP contribution is 1.93. The van der Waals surface area contributed by atoms with Gasteiger partial charge in [0.25, 0.3) is 0 Å². The Morgan fingerprint density at radius 3 is 2.73 bits per heavy atom. The monoisotopic (exact) mass is 144 g/mol. The minimum absolute atomic E-state index is 0.231. The summed E-state index contributed by atoms with van der Waals surface area (Å²) in [5, 5.41) is 8.18. The van der Waals surface area contributed by atoms with E-state index < -0.39 is 0 Å². The van der Waals surface area contributed by atoms with Crippen molar-refractivity contribution in [2.75, 3.05) is 6.54 Å². The molecule has 0 atom stereocenters. The maximum absolute atomic E-state index is 8.18. The second-order valence-electron chi connectivity index (χ2n) is 2.04. The Hall–Kier alpha value is -1.62. The maximum Gasteiger partial charge on any atom is 0.126 e. The topological polar surface area (TPSA) is 36.1 Å². The minimum Gasteiger partial charge on any atom is -0.277 e. The van der Waals surface area contributed by atoms with Gasteiger partial charge in [0.2, 0.25) is 0 Å². The van der Waals surface area contributed by atoms with E-state index in [-0.39, 0.29) is 6.54 Å². The summed E-state index contributed by atoms with van der Waals surface area (Å²) in [5.74, 6) is 0. The Morgan fingerprint density at radius 1 is 1.36 bits per heavy atom. The highest BCUT2D eigenvalue weighted by molar-refractivity contribution is 5.79. The van der Waals surface area contributed by atoms with Crippen LogP contribution in [-0.2, 0) is 0 Å². The molecule has 0 aliphatic heterocycles. The fourth-order valence-electron chi connectivity index (χ4n) is 0.731. The van der Waals surface area contributed by atoms with Crippen LogP contribution < -0.4 is 0 Å². The number of hydrogen-bond acceptors (Lipinski definition) is 2. The zero-order valence-electron chi connectivity index (χ0n) is 6.07. The van der Waals surface area contributed by atoms with Gasteiger partial charge in [-0.1, -0.05) is 30.3 Å². The van der Waals surface area contributed by atoms with E-state index in [0.29, 0.717) is 0 Å². The lowest BCUT2D eigenvalue weighted by Gasteiger charge is -1.87.